The van der Waals surface area contributed by atoms with Crippen molar-refractivity contribution in [1.29, 1.82) is 0 Å². The lowest BCUT2D eigenvalue weighted by atomic mass is 10.1. The van der Waals surface area contributed by atoms with Gasteiger partial charge >= 0.3 is 0 Å². The van der Waals surface area contributed by atoms with Crippen molar-refractivity contribution in [2.75, 3.05) is 6.54 Å². The van der Waals surface area contributed by atoms with Crippen LogP contribution in [0.4, 0.5) is 0 Å². The van der Waals surface area contributed by atoms with Gasteiger partial charge in [-0.15, -0.1) is 0 Å². The smallest absolute Gasteiger partial charge is 0.266 e. The third-order valence-electron chi connectivity index (χ3n) is 3.91. The molecule has 0 bridgehead atoms. The minimum Gasteiger partial charge on any atom is -0.488 e. The number of aryl methyl sites for hydroxylation is 1. The molecule has 0 aliphatic carbocycles. The Morgan fingerprint density at radius 3 is 2.56 bits per heavy atom. The summed E-state index contributed by atoms with van der Waals surface area (Å²) in [6, 6.07) is 16.0. The first kappa shape index (κ1) is 17.7. The van der Waals surface area contributed by atoms with Crippen LogP contribution in [0.15, 0.2) is 53.4 Å². The average Bonchev–Trinajstić information content (AvgIpc) is 2.88. The molecule has 0 atom stereocenters. The molecule has 1 amide bonds. The molecule has 0 spiro atoms. The van der Waals surface area contributed by atoms with Gasteiger partial charge in [-0.25, -0.2) is 0 Å². The number of thioether (sulfide) groups is 1. The van der Waals surface area contributed by atoms with E-state index in [1.165, 1.54) is 17.3 Å². The Balaban J connectivity index is 1.79. The number of para-hydroxylation sites is 1. The summed E-state index contributed by atoms with van der Waals surface area (Å²) in [5.74, 6) is 0.718. The normalized spacial score (nSPS) is 15.9. The Bertz CT molecular complexity index is 828. The standard InChI is InChI=1S/C20H19NO2S2/c1-3-21-19(22)18(25-20(21)24)12-16-6-4-5-7-17(16)23-13-15-10-8-14(2)9-11-15/h4-12H,3,13H2,1-2H3/b18-12-. The van der Waals surface area contributed by atoms with E-state index < -0.39 is 0 Å². The highest BCUT2D eigenvalue weighted by molar-refractivity contribution is 8.26. The predicted octanol–water partition coefficient (Wildman–Crippen LogP) is 4.80. The van der Waals surface area contributed by atoms with Gasteiger partial charge in [0.25, 0.3) is 5.91 Å². The summed E-state index contributed by atoms with van der Waals surface area (Å²) in [7, 11) is 0. The first-order valence-electron chi connectivity index (χ1n) is 8.11. The number of hydrogen-bond acceptors (Lipinski definition) is 4. The summed E-state index contributed by atoms with van der Waals surface area (Å²) < 4.78 is 6.59. The van der Waals surface area contributed by atoms with E-state index in [1.54, 1.807) is 4.90 Å². The molecule has 0 saturated carbocycles. The van der Waals surface area contributed by atoms with E-state index in [4.69, 9.17) is 17.0 Å². The molecule has 1 heterocycles. The summed E-state index contributed by atoms with van der Waals surface area (Å²) in [6.07, 6.45) is 1.86. The van der Waals surface area contributed by atoms with Crippen molar-refractivity contribution in [3.8, 4) is 5.75 Å². The van der Waals surface area contributed by atoms with Crippen LogP contribution in [-0.4, -0.2) is 21.7 Å². The molecule has 0 aromatic heterocycles. The zero-order valence-electron chi connectivity index (χ0n) is 14.2. The van der Waals surface area contributed by atoms with Crippen LogP contribution in [0, 0.1) is 6.92 Å². The van der Waals surface area contributed by atoms with Gasteiger partial charge in [0.2, 0.25) is 0 Å². The summed E-state index contributed by atoms with van der Waals surface area (Å²) in [5, 5.41) is 0. The average molecular weight is 370 g/mol. The number of nitrogens with zero attached hydrogens (tertiary/aromatic N) is 1. The van der Waals surface area contributed by atoms with Crippen LogP contribution in [0.25, 0.3) is 6.08 Å². The van der Waals surface area contributed by atoms with E-state index in [2.05, 4.69) is 31.2 Å². The first-order chi connectivity index (χ1) is 12.1. The first-order valence-corrected chi connectivity index (χ1v) is 9.33. The SMILES string of the molecule is CCN1C(=O)/C(=C/c2ccccc2OCc2ccc(C)cc2)SC1=S. The number of likely N-dealkylation sites (N-methyl/N-ethyl adjacent to an activating group) is 1. The van der Waals surface area contributed by atoms with Crippen LogP contribution in [0.1, 0.15) is 23.6 Å². The van der Waals surface area contributed by atoms with Gasteiger partial charge in [0.15, 0.2) is 0 Å². The maximum absolute atomic E-state index is 12.4. The summed E-state index contributed by atoms with van der Waals surface area (Å²) in [5.41, 5.74) is 3.21. The molecule has 0 unspecified atom stereocenters. The number of thiocarbonyl (C=S) groups is 1. The van der Waals surface area contributed by atoms with Gasteiger partial charge in [-0.1, -0.05) is 72.0 Å². The van der Waals surface area contributed by atoms with E-state index in [9.17, 15) is 4.79 Å². The second kappa shape index (κ2) is 7.85. The molecule has 2 aromatic carbocycles. The van der Waals surface area contributed by atoms with E-state index in [0.717, 1.165) is 16.9 Å². The summed E-state index contributed by atoms with van der Waals surface area (Å²) in [6.45, 7) is 5.06. The monoisotopic (exact) mass is 369 g/mol. The van der Waals surface area contributed by atoms with Crippen molar-refractivity contribution in [3.63, 3.8) is 0 Å². The Labute approximate surface area is 157 Å². The number of benzene rings is 2. The molecule has 3 nitrogen and oxygen atoms in total. The van der Waals surface area contributed by atoms with Crippen LogP contribution < -0.4 is 4.74 Å². The number of carbonyl (C=O) groups is 1. The molecule has 1 aliphatic rings. The van der Waals surface area contributed by atoms with Gasteiger partial charge in [-0.3, -0.25) is 9.69 Å². The summed E-state index contributed by atoms with van der Waals surface area (Å²) in [4.78, 5) is 14.6. The van der Waals surface area contributed by atoms with E-state index in [1.807, 2.05) is 37.3 Å². The maximum atomic E-state index is 12.4. The molecular formula is C20H19NO2S2. The fraction of sp³-hybridized carbons (Fsp3) is 0.200. The van der Waals surface area contributed by atoms with Crippen molar-refractivity contribution in [1.82, 2.24) is 4.90 Å². The van der Waals surface area contributed by atoms with Crippen LogP contribution in [0.5, 0.6) is 5.75 Å². The lowest BCUT2D eigenvalue weighted by Gasteiger charge is -2.11. The molecule has 128 valence electrons. The van der Waals surface area contributed by atoms with Gasteiger partial charge in [0.05, 0.1) is 4.91 Å². The predicted molar refractivity (Wildman–Crippen MR) is 108 cm³/mol. The second-order valence-electron chi connectivity index (χ2n) is 5.74. The molecule has 5 heteroatoms. The molecule has 1 fully saturated rings. The van der Waals surface area contributed by atoms with E-state index in [-0.39, 0.29) is 5.91 Å². The van der Waals surface area contributed by atoms with Gasteiger partial charge in [-0.2, -0.15) is 0 Å². The maximum Gasteiger partial charge on any atom is 0.266 e. The van der Waals surface area contributed by atoms with Crippen molar-refractivity contribution in [2.45, 2.75) is 20.5 Å². The van der Waals surface area contributed by atoms with Gasteiger partial charge in [0, 0.05) is 12.1 Å². The zero-order chi connectivity index (χ0) is 17.8. The Kier molecular flexibility index (Phi) is 5.56. The minimum absolute atomic E-state index is 0.0363. The van der Waals surface area contributed by atoms with E-state index >= 15 is 0 Å². The highest BCUT2D eigenvalue weighted by Gasteiger charge is 2.30. The van der Waals surface area contributed by atoms with Crippen LogP contribution in [0.3, 0.4) is 0 Å². The molecule has 3 rings (SSSR count). The molecule has 1 saturated heterocycles. The van der Waals surface area contributed by atoms with Crippen LogP contribution in [-0.2, 0) is 11.4 Å². The lowest BCUT2D eigenvalue weighted by molar-refractivity contribution is -0.121. The number of amides is 1. The molecule has 1 aliphatic heterocycles. The number of rotatable bonds is 5. The molecule has 0 N–H and O–H groups in total. The number of hydrogen-bond donors (Lipinski definition) is 0. The molecule has 25 heavy (non-hydrogen) atoms. The number of ether oxygens (including phenoxy) is 1. The third-order valence-corrected chi connectivity index (χ3v) is 5.29. The van der Waals surface area contributed by atoms with Gasteiger partial charge in [-0.05, 0) is 31.6 Å². The molecule has 0 radical (unpaired) electrons. The Hall–Kier alpha value is -2.11. The highest BCUT2D eigenvalue weighted by Crippen LogP contribution is 2.34. The van der Waals surface area contributed by atoms with E-state index in [0.29, 0.717) is 22.4 Å². The summed E-state index contributed by atoms with van der Waals surface area (Å²) >= 11 is 6.60. The fourth-order valence-corrected chi connectivity index (χ4v) is 3.87. The zero-order valence-corrected chi connectivity index (χ0v) is 15.8. The van der Waals surface area contributed by atoms with Crippen molar-refractivity contribution in [2.24, 2.45) is 0 Å². The number of carbonyl (C=O) groups excluding carboxylic acids is 1. The topological polar surface area (TPSA) is 29.5 Å². The second-order valence-corrected chi connectivity index (χ2v) is 7.41. The van der Waals surface area contributed by atoms with Gasteiger partial charge in [0.1, 0.15) is 16.7 Å². The Morgan fingerprint density at radius 2 is 1.88 bits per heavy atom. The largest absolute Gasteiger partial charge is 0.488 e. The van der Waals surface area contributed by atoms with Crippen molar-refractivity contribution >= 4 is 40.3 Å². The Morgan fingerprint density at radius 1 is 1.16 bits per heavy atom. The minimum atomic E-state index is -0.0363. The van der Waals surface area contributed by atoms with Gasteiger partial charge < -0.3 is 4.74 Å². The van der Waals surface area contributed by atoms with Crippen molar-refractivity contribution < 1.29 is 9.53 Å². The van der Waals surface area contributed by atoms with Crippen LogP contribution >= 0.6 is 24.0 Å². The van der Waals surface area contributed by atoms with Crippen LogP contribution in [0.2, 0.25) is 0 Å². The molecular weight excluding hydrogens is 350 g/mol. The van der Waals surface area contributed by atoms with Crippen molar-refractivity contribution in [3.05, 3.63) is 70.1 Å². The third kappa shape index (κ3) is 4.11. The molecule has 2 aromatic rings. The quantitative estimate of drug-likeness (QED) is 0.559. The highest BCUT2D eigenvalue weighted by atomic mass is 32.2. The lowest BCUT2D eigenvalue weighted by Crippen LogP contribution is -2.27. The fourth-order valence-electron chi connectivity index (χ4n) is 2.49.